The fraction of sp³-hybridized carbons (Fsp3) is 0.920. The third-order valence-corrected chi connectivity index (χ3v) is 6.01. The third kappa shape index (κ3) is 13.0. The van der Waals surface area contributed by atoms with E-state index >= 15 is 0 Å². The average Bonchev–Trinajstić information content (AvgIpc) is 2.85. The van der Waals surface area contributed by atoms with Crippen LogP contribution in [0, 0.1) is 0 Å². The lowest BCUT2D eigenvalue weighted by molar-refractivity contribution is -0.315. The molecule has 0 aromatic carbocycles. The Morgan fingerprint density at radius 1 is 0.771 bits per heavy atom. The monoisotopic (exact) mass is 506 g/mol. The summed E-state index contributed by atoms with van der Waals surface area (Å²) in [6.07, 6.45) is 2.10. The topological polar surface area (TPSA) is 152 Å². The van der Waals surface area contributed by atoms with Gasteiger partial charge in [-0.3, -0.25) is 9.59 Å². The quantitative estimate of drug-likeness (QED) is 0.151. The van der Waals surface area contributed by atoms with Crippen molar-refractivity contribution >= 4 is 11.9 Å². The zero-order valence-corrected chi connectivity index (χ0v) is 21.3. The molecule has 10 heteroatoms. The van der Waals surface area contributed by atoms with Gasteiger partial charge in [-0.1, -0.05) is 65.2 Å². The number of carbonyl (C=O) groups excluding carboxylic acids is 2. The Balaban J connectivity index is 2.45. The van der Waals surface area contributed by atoms with E-state index in [1.54, 1.807) is 0 Å². The number of unbranched alkanes of at least 4 members (excludes halogenated alkanes) is 8. The van der Waals surface area contributed by atoms with Crippen LogP contribution >= 0.6 is 0 Å². The van der Waals surface area contributed by atoms with E-state index in [-0.39, 0.29) is 26.1 Å². The molecular weight excluding hydrogens is 460 g/mol. The van der Waals surface area contributed by atoms with Gasteiger partial charge in [-0.15, -0.1) is 0 Å². The van der Waals surface area contributed by atoms with Crippen LogP contribution in [0.5, 0.6) is 0 Å². The summed E-state index contributed by atoms with van der Waals surface area (Å²) in [5.74, 6) is -0.853. The Labute approximate surface area is 208 Å². The van der Waals surface area contributed by atoms with Gasteiger partial charge in [0.2, 0.25) is 0 Å². The minimum atomic E-state index is -1.61. The lowest BCUT2D eigenvalue weighted by Crippen LogP contribution is -2.60. The number of carbonyl (C=O) groups is 2. The lowest BCUT2D eigenvalue weighted by atomic mass is 9.99. The molecule has 0 radical (unpaired) electrons. The third-order valence-electron chi connectivity index (χ3n) is 6.01. The molecule has 35 heavy (non-hydrogen) atoms. The molecule has 1 saturated heterocycles. The summed E-state index contributed by atoms with van der Waals surface area (Å²) < 4.78 is 21.4. The van der Waals surface area contributed by atoms with Gasteiger partial charge in [0.25, 0.3) is 0 Å². The second kappa shape index (κ2) is 18.9. The first-order valence-electron chi connectivity index (χ1n) is 13.1. The summed E-state index contributed by atoms with van der Waals surface area (Å²) in [5.41, 5.74) is 0. The number of rotatable bonds is 19. The molecule has 1 unspecified atom stereocenters. The molecular formula is C25H46O10. The Morgan fingerprint density at radius 3 is 1.86 bits per heavy atom. The second-order valence-electron chi connectivity index (χ2n) is 9.15. The van der Waals surface area contributed by atoms with E-state index in [4.69, 9.17) is 18.9 Å². The molecule has 0 aliphatic carbocycles. The summed E-state index contributed by atoms with van der Waals surface area (Å²) in [7, 11) is 0. The molecule has 1 fully saturated rings. The Morgan fingerprint density at radius 2 is 1.31 bits per heavy atom. The van der Waals surface area contributed by atoms with Crippen molar-refractivity contribution in [3.8, 4) is 0 Å². The zero-order chi connectivity index (χ0) is 26.1. The molecule has 206 valence electrons. The van der Waals surface area contributed by atoms with E-state index in [0.717, 1.165) is 57.8 Å². The molecule has 6 atom stereocenters. The fourth-order valence-corrected chi connectivity index (χ4v) is 3.74. The van der Waals surface area contributed by atoms with Crippen LogP contribution in [0.3, 0.4) is 0 Å². The molecule has 1 aliphatic heterocycles. The van der Waals surface area contributed by atoms with Gasteiger partial charge in [0, 0.05) is 12.8 Å². The predicted molar refractivity (Wildman–Crippen MR) is 127 cm³/mol. The Kier molecular flexibility index (Phi) is 17.1. The SMILES string of the molecule is CCCCCCCC(=O)OCC(CO)O[C@@H]1O[C@H](COC(=O)CCCCCCC)[C@H](O)[C@H](O)[C@H]1O. The first-order valence-corrected chi connectivity index (χ1v) is 13.1. The number of aliphatic hydroxyl groups is 4. The number of esters is 2. The van der Waals surface area contributed by atoms with Crippen LogP contribution in [-0.2, 0) is 28.5 Å². The van der Waals surface area contributed by atoms with E-state index < -0.39 is 55.4 Å². The molecule has 0 saturated carbocycles. The van der Waals surface area contributed by atoms with Gasteiger partial charge in [0.1, 0.15) is 43.7 Å². The standard InChI is InChI=1S/C25H46O10/c1-3-5-7-9-11-13-20(27)32-16-18(15-26)34-25-24(31)23(30)22(29)19(35-25)17-33-21(28)14-12-10-8-6-4-2/h18-19,22-26,29-31H,3-17H2,1-2H3/t18?,19-,22+,23+,24-,25-/m1/s1. The Hall–Kier alpha value is -1.30. The molecule has 0 aromatic heterocycles. The van der Waals surface area contributed by atoms with E-state index in [1.165, 1.54) is 0 Å². The molecule has 1 heterocycles. The van der Waals surface area contributed by atoms with E-state index in [2.05, 4.69) is 13.8 Å². The number of hydrogen-bond donors (Lipinski definition) is 4. The van der Waals surface area contributed by atoms with Crippen molar-refractivity contribution in [2.24, 2.45) is 0 Å². The van der Waals surface area contributed by atoms with Crippen molar-refractivity contribution < 1.29 is 49.0 Å². The zero-order valence-electron chi connectivity index (χ0n) is 21.3. The first kappa shape index (κ1) is 31.7. The minimum absolute atomic E-state index is 0.244. The van der Waals surface area contributed by atoms with Gasteiger partial charge in [-0.25, -0.2) is 0 Å². The maximum atomic E-state index is 12.0. The largest absolute Gasteiger partial charge is 0.463 e. The van der Waals surface area contributed by atoms with Crippen LogP contribution in [0.2, 0.25) is 0 Å². The highest BCUT2D eigenvalue weighted by atomic mass is 16.7. The van der Waals surface area contributed by atoms with E-state index in [0.29, 0.717) is 6.42 Å². The highest BCUT2D eigenvalue weighted by Gasteiger charge is 2.45. The summed E-state index contributed by atoms with van der Waals surface area (Å²) >= 11 is 0. The van der Waals surface area contributed by atoms with Gasteiger partial charge in [-0.05, 0) is 12.8 Å². The van der Waals surface area contributed by atoms with Crippen molar-refractivity contribution in [1.29, 1.82) is 0 Å². The number of aliphatic hydroxyl groups excluding tert-OH is 4. The molecule has 0 spiro atoms. The van der Waals surface area contributed by atoms with Gasteiger partial charge in [0.05, 0.1) is 6.61 Å². The Bertz CT molecular complexity index is 570. The molecule has 0 amide bonds. The van der Waals surface area contributed by atoms with Crippen LogP contribution in [-0.4, -0.2) is 89.0 Å². The normalized spacial score (nSPS) is 25.3. The van der Waals surface area contributed by atoms with E-state index in [9.17, 15) is 30.0 Å². The van der Waals surface area contributed by atoms with E-state index in [1.807, 2.05) is 0 Å². The number of ether oxygens (including phenoxy) is 4. The predicted octanol–water partition coefficient (Wildman–Crippen LogP) is 1.98. The van der Waals surface area contributed by atoms with Gasteiger partial charge >= 0.3 is 11.9 Å². The van der Waals surface area contributed by atoms with Crippen LogP contribution in [0.4, 0.5) is 0 Å². The highest BCUT2D eigenvalue weighted by Crippen LogP contribution is 2.24. The van der Waals surface area contributed by atoms with Gasteiger partial charge < -0.3 is 39.4 Å². The molecule has 4 N–H and O–H groups in total. The molecule has 1 rings (SSSR count). The smallest absolute Gasteiger partial charge is 0.305 e. The summed E-state index contributed by atoms with van der Waals surface area (Å²) in [4.78, 5) is 23.9. The molecule has 0 bridgehead atoms. The number of hydrogen-bond acceptors (Lipinski definition) is 10. The van der Waals surface area contributed by atoms with Gasteiger partial charge in [-0.2, -0.15) is 0 Å². The van der Waals surface area contributed by atoms with Crippen LogP contribution in [0.25, 0.3) is 0 Å². The van der Waals surface area contributed by atoms with Crippen molar-refractivity contribution in [2.75, 3.05) is 19.8 Å². The second-order valence-corrected chi connectivity index (χ2v) is 9.15. The lowest BCUT2D eigenvalue weighted by Gasteiger charge is -2.40. The average molecular weight is 507 g/mol. The fourth-order valence-electron chi connectivity index (χ4n) is 3.74. The molecule has 10 nitrogen and oxygen atoms in total. The summed E-state index contributed by atoms with van der Waals surface area (Å²) in [6, 6.07) is 0. The van der Waals surface area contributed by atoms with Gasteiger partial charge in [0.15, 0.2) is 6.29 Å². The van der Waals surface area contributed by atoms with Crippen LogP contribution < -0.4 is 0 Å². The maximum absolute atomic E-state index is 12.0. The summed E-state index contributed by atoms with van der Waals surface area (Å²) in [5, 5.41) is 40.2. The molecule has 0 aromatic rings. The highest BCUT2D eigenvalue weighted by molar-refractivity contribution is 5.69. The van der Waals surface area contributed by atoms with Crippen LogP contribution in [0.15, 0.2) is 0 Å². The maximum Gasteiger partial charge on any atom is 0.305 e. The van der Waals surface area contributed by atoms with Crippen LogP contribution in [0.1, 0.15) is 90.9 Å². The minimum Gasteiger partial charge on any atom is -0.463 e. The first-order chi connectivity index (χ1) is 16.8. The van der Waals surface area contributed by atoms with Crippen molar-refractivity contribution in [3.63, 3.8) is 0 Å². The van der Waals surface area contributed by atoms with Crippen molar-refractivity contribution in [2.45, 2.75) is 128 Å². The van der Waals surface area contributed by atoms with Crippen molar-refractivity contribution in [3.05, 3.63) is 0 Å². The summed E-state index contributed by atoms with van der Waals surface area (Å²) in [6.45, 7) is 3.12. The molecule has 1 aliphatic rings. The van der Waals surface area contributed by atoms with Crippen molar-refractivity contribution in [1.82, 2.24) is 0 Å².